The summed E-state index contributed by atoms with van der Waals surface area (Å²) in [6, 6.07) is -0.291. The van der Waals surface area contributed by atoms with Crippen LogP contribution in [0.5, 0.6) is 0 Å². The number of aliphatic hydroxyl groups is 3. The summed E-state index contributed by atoms with van der Waals surface area (Å²) in [5.74, 6) is 1.03. The molecule has 6 unspecified atom stereocenters. The van der Waals surface area contributed by atoms with Crippen LogP contribution in [0.4, 0.5) is 4.39 Å². The highest BCUT2D eigenvalue weighted by Gasteiger charge is 2.67. The summed E-state index contributed by atoms with van der Waals surface area (Å²) in [5, 5.41) is 33.5. The molecule has 10 atom stereocenters. The molecule has 0 bridgehead atoms. The fraction of sp³-hybridized carbons (Fsp3) is 1.00. The smallest absolute Gasteiger partial charge is 0.184 e. The number of hydrogen-bond donors (Lipinski definition) is 4. The number of hydrogen-bond acceptors (Lipinski definition) is 5. The number of ether oxygens (including phenoxy) is 1. The lowest BCUT2D eigenvalue weighted by atomic mass is 9.64. The lowest BCUT2D eigenvalue weighted by Crippen LogP contribution is -2.52. The lowest BCUT2D eigenvalue weighted by molar-refractivity contribution is -0.196. The second kappa shape index (κ2) is 7.70. The van der Waals surface area contributed by atoms with Gasteiger partial charge in [-0.3, -0.25) is 0 Å². The molecule has 6 heteroatoms. The minimum Gasteiger partial charge on any atom is -0.392 e. The van der Waals surface area contributed by atoms with Crippen LogP contribution in [0.2, 0.25) is 0 Å². The van der Waals surface area contributed by atoms with Crippen LogP contribution in [0.25, 0.3) is 0 Å². The summed E-state index contributed by atoms with van der Waals surface area (Å²) < 4.78 is 19.6. The average Bonchev–Trinajstić information content (AvgIpc) is 2.99. The molecule has 4 aliphatic rings. The van der Waals surface area contributed by atoms with Gasteiger partial charge in [0.05, 0.1) is 12.2 Å². The predicted molar refractivity (Wildman–Crippen MR) is 109 cm³/mol. The number of fused-ring (bicyclic) bond motifs is 3. The molecule has 29 heavy (non-hydrogen) atoms. The Bertz CT molecular complexity index is 599. The summed E-state index contributed by atoms with van der Waals surface area (Å²) in [6.07, 6.45) is 2.31. The third-order valence-electron chi connectivity index (χ3n) is 9.38. The van der Waals surface area contributed by atoms with Crippen LogP contribution in [0.1, 0.15) is 72.1 Å². The largest absolute Gasteiger partial charge is 0.392 e. The van der Waals surface area contributed by atoms with Crippen molar-refractivity contribution in [1.82, 2.24) is 0 Å². The summed E-state index contributed by atoms with van der Waals surface area (Å²) in [5.41, 5.74) is 4.60. The van der Waals surface area contributed by atoms with Gasteiger partial charge in [-0.1, -0.05) is 20.8 Å². The minimum atomic E-state index is -1.42. The third-order valence-corrected chi connectivity index (χ3v) is 9.38. The van der Waals surface area contributed by atoms with E-state index in [2.05, 4.69) is 20.8 Å². The molecule has 3 aliphatic carbocycles. The monoisotopic (exact) mass is 413 g/mol. The highest BCUT2D eigenvalue weighted by molar-refractivity contribution is 5.14. The quantitative estimate of drug-likeness (QED) is 0.571. The Labute approximate surface area is 174 Å². The Morgan fingerprint density at radius 2 is 1.72 bits per heavy atom. The van der Waals surface area contributed by atoms with Crippen LogP contribution < -0.4 is 5.73 Å². The van der Waals surface area contributed by atoms with Gasteiger partial charge in [-0.25, -0.2) is 4.39 Å². The summed E-state index contributed by atoms with van der Waals surface area (Å²) >= 11 is 0. The number of alkyl halides is 1. The molecule has 0 amide bonds. The van der Waals surface area contributed by atoms with Crippen molar-refractivity contribution >= 4 is 0 Å². The van der Waals surface area contributed by atoms with E-state index < -0.39 is 29.6 Å². The van der Waals surface area contributed by atoms with Crippen LogP contribution in [-0.2, 0) is 4.74 Å². The maximum Gasteiger partial charge on any atom is 0.184 e. The van der Waals surface area contributed by atoms with Gasteiger partial charge < -0.3 is 25.8 Å². The molecular formula is C23H40FNO4. The number of aliphatic hydroxyl groups excluding tert-OH is 2. The van der Waals surface area contributed by atoms with Gasteiger partial charge in [-0.05, 0) is 75.0 Å². The van der Waals surface area contributed by atoms with Gasteiger partial charge in [0.2, 0.25) is 0 Å². The van der Waals surface area contributed by atoms with E-state index in [0.717, 1.165) is 32.1 Å². The number of rotatable bonds is 3. The zero-order chi connectivity index (χ0) is 21.1. The molecule has 1 heterocycles. The molecule has 1 saturated heterocycles. The van der Waals surface area contributed by atoms with E-state index in [1.54, 1.807) is 0 Å². The molecule has 0 aromatic heterocycles. The Balaban J connectivity index is 1.58. The van der Waals surface area contributed by atoms with E-state index in [-0.39, 0.29) is 30.4 Å². The first kappa shape index (κ1) is 21.9. The molecule has 1 aliphatic heterocycles. The van der Waals surface area contributed by atoms with Gasteiger partial charge >= 0.3 is 0 Å². The predicted octanol–water partition coefficient (Wildman–Crippen LogP) is 2.75. The Kier molecular flexibility index (Phi) is 5.83. The number of halogens is 1. The van der Waals surface area contributed by atoms with Crippen molar-refractivity contribution in [2.24, 2.45) is 40.7 Å². The molecule has 5 N–H and O–H groups in total. The van der Waals surface area contributed by atoms with Gasteiger partial charge in [0.1, 0.15) is 11.8 Å². The highest BCUT2D eigenvalue weighted by atomic mass is 19.1. The maximum absolute atomic E-state index is 13.5. The Morgan fingerprint density at radius 3 is 2.38 bits per heavy atom. The molecule has 5 nitrogen and oxygen atoms in total. The SMILES string of the molecule is C[C@@H]1CC(O)C2(C)C3OC(O)C(O)(CC(N)C4CCC(F)CC4)[C@@H]3CC[C@H](C)[C@H]12. The van der Waals surface area contributed by atoms with Crippen LogP contribution in [-0.4, -0.2) is 51.6 Å². The third kappa shape index (κ3) is 3.38. The van der Waals surface area contributed by atoms with Crippen molar-refractivity contribution in [2.75, 3.05) is 0 Å². The standard InChI is InChI=1S/C23H40FNO4/c1-12-4-9-16-20(22(3)18(26)10-13(2)19(12)22)29-21(27)23(16,28)11-17(25)14-5-7-15(24)8-6-14/h12-21,26-28H,4-11,25H2,1-3H3/t12-,13+,14?,15?,16+,17?,18?,19+,20?,21?,22?,23?/m0/s1. The van der Waals surface area contributed by atoms with Crippen LogP contribution >= 0.6 is 0 Å². The summed E-state index contributed by atoms with van der Waals surface area (Å²) in [7, 11) is 0. The van der Waals surface area contributed by atoms with Crippen molar-refractivity contribution in [2.45, 2.75) is 108 Å². The second-order valence-electron chi connectivity index (χ2n) is 11.1. The van der Waals surface area contributed by atoms with Crippen LogP contribution in [0.15, 0.2) is 0 Å². The maximum atomic E-state index is 13.5. The first-order valence-corrected chi connectivity index (χ1v) is 11.7. The van der Waals surface area contributed by atoms with E-state index >= 15 is 0 Å². The molecule has 3 saturated carbocycles. The summed E-state index contributed by atoms with van der Waals surface area (Å²) in [6.45, 7) is 6.53. The van der Waals surface area contributed by atoms with Gasteiger partial charge in [-0.15, -0.1) is 0 Å². The van der Waals surface area contributed by atoms with Crippen LogP contribution in [0.3, 0.4) is 0 Å². The topological polar surface area (TPSA) is 95.9 Å². The van der Waals surface area contributed by atoms with Crippen LogP contribution in [0, 0.1) is 35.0 Å². The molecule has 4 rings (SSSR count). The molecule has 0 spiro atoms. The van der Waals surface area contributed by atoms with Gasteiger partial charge in [-0.2, -0.15) is 0 Å². The zero-order valence-electron chi connectivity index (χ0n) is 18.1. The van der Waals surface area contributed by atoms with E-state index in [1.165, 1.54) is 0 Å². The molecule has 0 aromatic rings. The molecule has 4 fully saturated rings. The van der Waals surface area contributed by atoms with E-state index in [1.807, 2.05) is 0 Å². The Hall–Kier alpha value is -0.270. The molecule has 0 radical (unpaired) electrons. The van der Waals surface area contributed by atoms with E-state index in [0.29, 0.717) is 30.6 Å². The average molecular weight is 414 g/mol. The van der Waals surface area contributed by atoms with E-state index in [4.69, 9.17) is 10.5 Å². The van der Waals surface area contributed by atoms with Crippen molar-refractivity contribution in [1.29, 1.82) is 0 Å². The molecule has 0 aromatic carbocycles. The minimum absolute atomic E-state index is 0.169. The number of nitrogens with two attached hydrogens (primary N) is 1. The van der Waals surface area contributed by atoms with E-state index in [9.17, 15) is 19.7 Å². The zero-order valence-corrected chi connectivity index (χ0v) is 18.1. The lowest BCUT2D eigenvalue weighted by Gasteiger charge is -2.43. The van der Waals surface area contributed by atoms with Crippen molar-refractivity contribution < 1.29 is 24.4 Å². The van der Waals surface area contributed by atoms with Gasteiger partial charge in [0.25, 0.3) is 0 Å². The van der Waals surface area contributed by atoms with Crippen molar-refractivity contribution in [3.8, 4) is 0 Å². The van der Waals surface area contributed by atoms with Crippen molar-refractivity contribution in [3.05, 3.63) is 0 Å². The second-order valence-corrected chi connectivity index (χ2v) is 11.1. The highest BCUT2D eigenvalue weighted by Crippen LogP contribution is 2.61. The Morgan fingerprint density at radius 1 is 1.07 bits per heavy atom. The first-order valence-electron chi connectivity index (χ1n) is 11.7. The fourth-order valence-electron chi connectivity index (χ4n) is 7.84. The fourth-order valence-corrected chi connectivity index (χ4v) is 7.84. The normalized spacial score (nSPS) is 56.5. The summed E-state index contributed by atoms with van der Waals surface area (Å²) in [4.78, 5) is 0. The molecular weight excluding hydrogens is 373 g/mol. The van der Waals surface area contributed by atoms with Gasteiger partial charge in [0, 0.05) is 17.4 Å². The van der Waals surface area contributed by atoms with Gasteiger partial charge in [0.15, 0.2) is 6.29 Å². The van der Waals surface area contributed by atoms with Crippen molar-refractivity contribution in [3.63, 3.8) is 0 Å². The molecule has 168 valence electrons. The first-order chi connectivity index (χ1) is 13.6.